The van der Waals surface area contributed by atoms with E-state index in [0.29, 0.717) is 30.1 Å². The summed E-state index contributed by atoms with van der Waals surface area (Å²) in [5.41, 5.74) is 4.13. The molecule has 112 valence electrons. The number of hydrogen-bond donors (Lipinski definition) is 1. The van der Waals surface area contributed by atoms with Crippen molar-refractivity contribution < 1.29 is 4.74 Å². The van der Waals surface area contributed by atoms with Crippen molar-refractivity contribution in [2.24, 2.45) is 11.8 Å². The molecule has 1 aromatic rings. The van der Waals surface area contributed by atoms with Crippen LogP contribution in [0, 0.1) is 25.7 Å². The minimum Gasteiger partial charge on any atom is -0.375 e. The lowest BCUT2D eigenvalue weighted by atomic mass is 9.80. The van der Waals surface area contributed by atoms with Crippen LogP contribution in [0.1, 0.15) is 50.4 Å². The number of nitrogens with one attached hydrogen (secondary N) is 1. The lowest BCUT2D eigenvalue weighted by Crippen LogP contribution is -2.35. The van der Waals surface area contributed by atoms with E-state index in [9.17, 15) is 0 Å². The van der Waals surface area contributed by atoms with Crippen LogP contribution in [0.25, 0.3) is 0 Å². The Morgan fingerprint density at radius 2 is 1.80 bits per heavy atom. The summed E-state index contributed by atoms with van der Waals surface area (Å²) in [5.74, 6) is 1.11. The molecule has 2 rings (SSSR count). The average molecular weight is 275 g/mol. The monoisotopic (exact) mass is 275 g/mol. The Kier molecular flexibility index (Phi) is 4.87. The van der Waals surface area contributed by atoms with Crippen molar-refractivity contribution in [1.82, 2.24) is 5.32 Å². The maximum absolute atomic E-state index is 6.05. The summed E-state index contributed by atoms with van der Waals surface area (Å²) in [6.45, 7) is 14.3. The SMILES string of the molecule is CCNC(c1ccc(C)c(C)c1)C1C(C)OC(C)C1C. The molecule has 1 aromatic carbocycles. The molecule has 2 heteroatoms. The van der Waals surface area contributed by atoms with Gasteiger partial charge in [0.25, 0.3) is 0 Å². The zero-order valence-corrected chi connectivity index (χ0v) is 13.7. The maximum Gasteiger partial charge on any atom is 0.0600 e. The van der Waals surface area contributed by atoms with E-state index in [4.69, 9.17) is 4.74 Å². The van der Waals surface area contributed by atoms with Gasteiger partial charge < -0.3 is 10.1 Å². The van der Waals surface area contributed by atoms with E-state index in [0.717, 1.165) is 6.54 Å². The molecule has 0 aromatic heterocycles. The predicted octanol–water partition coefficient (Wildman–Crippen LogP) is 4.01. The first-order valence-electron chi connectivity index (χ1n) is 7.91. The second-order valence-electron chi connectivity index (χ2n) is 6.36. The molecule has 2 nitrogen and oxygen atoms in total. The maximum atomic E-state index is 6.05. The largest absolute Gasteiger partial charge is 0.375 e. The molecule has 5 unspecified atom stereocenters. The van der Waals surface area contributed by atoms with Gasteiger partial charge in [-0.25, -0.2) is 0 Å². The highest BCUT2D eigenvalue weighted by Gasteiger charge is 2.41. The van der Waals surface area contributed by atoms with Crippen molar-refractivity contribution in [2.75, 3.05) is 6.54 Å². The average Bonchev–Trinajstić information content (AvgIpc) is 2.65. The molecule has 5 atom stereocenters. The second kappa shape index (κ2) is 6.28. The van der Waals surface area contributed by atoms with Gasteiger partial charge in [-0.1, -0.05) is 32.0 Å². The summed E-state index contributed by atoms with van der Waals surface area (Å²) in [5, 5.41) is 3.69. The Labute approximate surface area is 123 Å². The summed E-state index contributed by atoms with van der Waals surface area (Å²) in [7, 11) is 0. The summed E-state index contributed by atoms with van der Waals surface area (Å²) in [4.78, 5) is 0. The van der Waals surface area contributed by atoms with Gasteiger partial charge in [-0.05, 0) is 56.8 Å². The van der Waals surface area contributed by atoms with Gasteiger partial charge in [0, 0.05) is 12.0 Å². The van der Waals surface area contributed by atoms with Crippen LogP contribution < -0.4 is 5.32 Å². The Hall–Kier alpha value is -0.860. The Morgan fingerprint density at radius 1 is 1.10 bits per heavy atom. The molecular formula is C18H29NO. The van der Waals surface area contributed by atoms with Crippen LogP contribution >= 0.6 is 0 Å². The predicted molar refractivity (Wildman–Crippen MR) is 85.0 cm³/mol. The zero-order valence-electron chi connectivity index (χ0n) is 13.7. The smallest absolute Gasteiger partial charge is 0.0600 e. The third-order valence-corrected chi connectivity index (χ3v) is 5.02. The fourth-order valence-electron chi connectivity index (χ4n) is 3.52. The minimum atomic E-state index is 0.311. The summed E-state index contributed by atoms with van der Waals surface area (Å²) in [6, 6.07) is 7.24. The van der Waals surface area contributed by atoms with E-state index in [-0.39, 0.29) is 0 Å². The number of hydrogen-bond acceptors (Lipinski definition) is 2. The van der Waals surface area contributed by atoms with Gasteiger partial charge in [-0.3, -0.25) is 0 Å². The molecule has 0 aliphatic carbocycles. The first-order chi connectivity index (χ1) is 9.45. The van der Waals surface area contributed by atoms with Crippen molar-refractivity contribution in [2.45, 2.75) is 59.8 Å². The zero-order chi connectivity index (χ0) is 14.9. The van der Waals surface area contributed by atoms with Crippen LogP contribution in [0.2, 0.25) is 0 Å². The minimum absolute atomic E-state index is 0.311. The third-order valence-electron chi connectivity index (χ3n) is 5.02. The first-order valence-corrected chi connectivity index (χ1v) is 7.91. The Morgan fingerprint density at radius 3 is 2.30 bits per heavy atom. The van der Waals surface area contributed by atoms with E-state index in [1.165, 1.54) is 16.7 Å². The molecule has 0 saturated carbocycles. The van der Waals surface area contributed by atoms with Crippen molar-refractivity contribution in [3.8, 4) is 0 Å². The molecule has 20 heavy (non-hydrogen) atoms. The topological polar surface area (TPSA) is 21.3 Å². The molecule has 0 radical (unpaired) electrons. The first kappa shape index (κ1) is 15.5. The van der Waals surface area contributed by atoms with Crippen LogP contribution in [0.15, 0.2) is 18.2 Å². The summed E-state index contributed by atoms with van der Waals surface area (Å²) < 4.78 is 6.05. The molecule has 1 aliphatic heterocycles. The van der Waals surface area contributed by atoms with Gasteiger partial charge in [-0.2, -0.15) is 0 Å². The lowest BCUT2D eigenvalue weighted by Gasteiger charge is -2.30. The fourth-order valence-corrected chi connectivity index (χ4v) is 3.52. The number of ether oxygens (including phenoxy) is 1. The molecule has 1 fully saturated rings. The quantitative estimate of drug-likeness (QED) is 0.896. The second-order valence-corrected chi connectivity index (χ2v) is 6.36. The van der Waals surface area contributed by atoms with Gasteiger partial charge in [-0.15, -0.1) is 0 Å². The van der Waals surface area contributed by atoms with Crippen molar-refractivity contribution in [1.29, 1.82) is 0 Å². The Balaban J connectivity index is 2.33. The van der Waals surface area contributed by atoms with Crippen LogP contribution in [0.4, 0.5) is 0 Å². The van der Waals surface area contributed by atoms with E-state index in [1.807, 2.05) is 0 Å². The van der Waals surface area contributed by atoms with Crippen LogP contribution in [-0.4, -0.2) is 18.8 Å². The Bertz CT molecular complexity index is 457. The van der Waals surface area contributed by atoms with Gasteiger partial charge in [0.2, 0.25) is 0 Å². The van der Waals surface area contributed by atoms with Crippen LogP contribution in [0.3, 0.4) is 0 Å². The molecular weight excluding hydrogens is 246 g/mol. The highest BCUT2D eigenvalue weighted by atomic mass is 16.5. The molecule has 0 spiro atoms. The number of benzene rings is 1. The normalized spacial score (nSPS) is 31.5. The van der Waals surface area contributed by atoms with E-state index >= 15 is 0 Å². The van der Waals surface area contributed by atoms with Crippen LogP contribution in [0.5, 0.6) is 0 Å². The lowest BCUT2D eigenvalue weighted by molar-refractivity contribution is 0.0475. The molecule has 1 N–H and O–H groups in total. The highest BCUT2D eigenvalue weighted by molar-refractivity contribution is 5.32. The van der Waals surface area contributed by atoms with Crippen molar-refractivity contribution >= 4 is 0 Å². The highest BCUT2D eigenvalue weighted by Crippen LogP contribution is 2.40. The fraction of sp³-hybridized carbons (Fsp3) is 0.667. The third kappa shape index (κ3) is 2.91. The molecule has 0 bridgehead atoms. The van der Waals surface area contributed by atoms with Gasteiger partial charge >= 0.3 is 0 Å². The van der Waals surface area contributed by atoms with E-state index < -0.39 is 0 Å². The molecule has 1 heterocycles. The van der Waals surface area contributed by atoms with E-state index in [2.05, 4.69) is 65.1 Å². The van der Waals surface area contributed by atoms with E-state index in [1.54, 1.807) is 0 Å². The number of aryl methyl sites for hydroxylation is 2. The molecule has 1 saturated heterocycles. The van der Waals surface area contributed by atoms with Crippen LogP contribution in [-0.2, 0) is 4.74 Å². The number of rotatable bonds is 4. The summed E-state index contributed by atoms with van der Waals surface area (Å²) in [6.07, 6.45) is 0.661. The van der Waals surface area contributed by atoms with Crippen molar-refractivity contribution in [3.05, 3.63) is 34.9 Å². The summed E-state index contributed by atoms with van der Waals surface area (Å²) >= 11 is 0. The van der Waals surface area contributed by atoms with Gasteiger partial charge in [0.05, 0.1) is 12.2 Å². The van der Waals surface area contributed by atoms with Crippen molar-refractivity contribution in [3.63, 3.8) is 0 Å². The molecule has 1 aliphatic rings. The van der Waals surface area contributed by atoms with Gasteiger partial charge in [0.15, 0.2) is 0 Å². The van der Waals surface area contributed by atoms with Gasteiger partial charge in [0.1, 0.15) is 0 Å². The standard InChI is InChI=1S/C18H29NO/c1-7-19-18(16-9-8-11(2)12(3)10-16)17-13(4)14(5)20-15(17)6/h8-10,13-15,17-19H,7H2,1-6H3. The molecule has 0 amide bonds.